The van der Waals surface area contributed by atoms with E-state index in [1.807, 2.05) is 0 Å². The molecule has 1 aromatic heterocycles. The number of benzene rings is 2. The molecule has 2 heterocycles. The molecule has 2 N–H and O–H groups in total. The van der Waals surface area contributed by atoms with Gasteiger partial charge in [-0.3, -0.25) is 9.36 Å². The lowest BCUT2D eigenvalue weighted by molar-refractivity contribution is -0.138. The van der Waals surface area contributed by atoms with Crippen molar-refractivity contribution in [2.24, 2.45) is 5.73 Å². The maximum absolute atomic E-state index is 13.6. The van der Waals surface area contributed by atoms with Gasteiger partial charge in [0.25, 0.3) is 5.56 Å². The lowest BCUT2D eigenvalue weighted by atomic mass is 9.83. The Morgan fingerprint density at radius 3 is 1.88 bits per heavy atom. The van der Waals surface area contributed by atoms with E-state index >= 15 is 0 Å². The first kappa shape index (κ1) is 29.0. The number of nitrogens with zero attached hydrogens (tertiary/aromatic N) is 1. The zero-order valence-electron chi connectivity index (χ0n) is 22.6. The van der Waals surface area contributed by atoms with E-state index in [1.165, 1.54) is 33.5 Å². The van der Waals surface area contributed by atoms with E-state index in [1.54, 1.807) is 49.4 Å². The van der Waals surface area contributed by atoms with Crippen LogP contribution in [0.2, 0.25) is 0 Å². The van der Waals surface area contributed by atoms with E-state index in [0.29, 0.717) is 16.7 Å². The van der Waals surface area contributed by atoms with E-state index < -0.39 is 35.4 Å². The number of methoxy groups -OCH3 is 3. The second kappa shape index (κ2) is 12.0. The van der Waals surface area contributed by atoms with Crippen LogP contribution in [0.4, 0.5) is 0 Å². The Morgan fingerprint density at radius 2 is 1.37 bits per heavy atom. The zero-order chi connectivity index (χ0) is 29.8. The number of aromatic nitrogens is 1. The lowest BCUT2D eigenvalue weighted by Crippen LogP contribution is -2.41. The van der Waals surface area contributed by atoms with Gasteiger partial charge >= 0.3 is 23.9 Å². The molecular formula is C29H26N2O9S. The van der Waals surface area contributed by atoms with E-state index in [2.05, 4.69) is 0 Å². The molecule has 0 unspecified atom stereocenters. The number of esters is 4. The van der Waals surface area contributed by atoms with Crippen LogP contribution < -0.4 is 20.5 Å². The van der Waals surface area contributed by atoms with Crippen molar-refractivity contribution in [3.63, 3.8) is 0 Å². The van der Waals surface area contributed by atoms with Crippen LogP contribution in [0.1, 0.15) is 44.7 Å². The van der Waals surface area contributed by atoms with Crippen molar-refractivity contribution in [3.05, 3.63) is 95.9 Å². The molecule has 11 nitrogen and oxygen atoms in total. The first-order valence-electron chi connectivity index (χ1n) is 12.3. The summed E-state index contributed by atoms with van der Waals surface area (Å²) in [6.45, 7) is 1.63. The maximum Gasteiger partial charge on any atom is 0.338 e. The van der Waals surface area contributed by atoms with Crippen LogP contribution in [0.5, 0.6) is 0 Å². The van der Waals surface area contributed by atoms with Gasteiger partial charge in [-0.05, 0) is 48.4 Å². The van der Waals surface area contributed by atoms with Gasteiger partial charge in [0, 0.05) is 0 Å². The molecule has 0 saturated carbocycles. The third-order valence-electron chi connectivity index (χ3n) is 6.34. The summed E-state index contributed by atoms with van der Waals surface area (Å²) in [5.74, 6) is -3.94. The van der Waals surface area contributed by atoms with Crippen molar-refractivity contribution in [2.45, 2.75) is 12.8 Å². The number of ether oxygens (including phenoxy) is 4. The fourth-order valence-corrected chi connectivity index (χ4v) is 5.58. The van der Waals surface area contributed by atoms with Crippen LogP contribution >= 0.6 is 11.3 Å². The molecular weight excluding hydrogens is 552 g/mol. The fraction of sp³-hybridized carbons (Fsp3) is 0.207. The number of carbonyl (C=O) groups is 4. The highest BCUT2D eigenvalue weighted by Gasteiger charge is 2.39. The summed E-state index contributed by atoms with van der Waals surface area (Å²) >= 11 is 0.990. The van der Waals surface area contributed by atoms with Gasteiger partial charge in [0.2, 0.25) is 0 Å². The molecule has 0 fully saturated rings. The van der Waals surface area contributed by atoms with Crippen LogP contribution in [0.15, 0.2) is 58.9 Å². The second-order valence-electron chi connectivity index (χ2n) is 8.64. The summed E-state index contributed by atoms with van der Waals surface area (Å²) in [5, 5.41) is 0. The molecule has 1 aliphatic heterocycles. The molecule has 12 heteroatoms. The number of hydrogen-bond donors (Lipinski definition) is 1. The third-order valence-corrected chi connectivity index (χ3v) is 7.45. The molecule has 2 aromatic carbocycles. The maximum atomic E-state index is 13.6. The monoisotopic (exact) mass is 578 g/mol. The number of carbonyl (C=O) groups excluding carboxylic acids is 4. The van der Waals surface area contributed by atoms with Gasteiger partial charge in [0.05, 0.1) is 60.7 Å². The van der Waals surface area contributed by atoms with Gasteiger partial charge in [0.1, 0.15) is 10.5 Å². The van der Waals surface area contributed by atoms with Gasteiger partial charge in [-0.1, -0.05) is 24.3 Å². The van der Waals surface area contributed by atoms with Gasteiger partial charge in [0.15, 0.2) is 0 Å². The summed E-state index contributed by atoms with van der Waals surface area (Å²) in [6.07, 6.45) is 1.58. The van der Waals surface area contributed by atoms with Crippen LogP contribution in [-0.2, 0) is 28.5 Å². The summed E-state index contributed by atoms with van der Waals surface area (Å²) < 4.78 is 21.3. The van der Waals surface area contributed by atoms with Crippen molar-refractivity contribution >= 4 is 52.7 Å². The number of fused-ring (bicyclic) bond motifs is 1. The SMILES string of the molecule is CCOC(=O)C1=C(N)n2c(s/c(=C\c3ccc(C(=O)OC)cc3)c2=O)=C(C(=O)OC)[C@H]1c1ccc(C(=O)OC)cc1. The van der Waals surface area contributed by atoms with Gasteiger partial charge in [-0.25, -0.2) is 19.2 Å². The van der Waals surface area contributed by atoms with E-state index in [-0.39, 0.29) is 38.3 Å². The molecule has 0 aliphatic carbocycles. The largest absolute Gasteiger partial charge is 0.466 e. The molecule has 0 spiro atoms. The second-order valence-corrected chi connectivity index (χ2v) is 9.67. The number of hydrogen-bond acceptors (Lipinski definition) is 11. The van der Waals surface area contributed by atoms with E-state index in [4.69, 9.17) is 24.7 Å². The lowest BCUT2D eigenvalue weighted by Gasteiger charge is -2.26. The van der Waals surface area contributed by atoms with Crippen molar-refractivity contribution in [3.8, 4) is 0 Å². The minimum absolute atomic E-state index is 0.00152. The average Bonchev–Trinajstić information content (AvgIpc) is 3.31. The Kier molecular flexibility index (Phi) is 8.53. The summed E-state index contributed by atoms with van der Waals surface area (Å²) in [5.41, 5.74) is 7.39. The Morgan fingerprint density at radius 1 is 0.829 bits per heavy atom. The number of thiazole rings is 1. The van der Waals surface area contributed by atoms with Crippen LogP contribution in [-0.4, -0.2) is 56.4 Å². The molecule has 0 bridgehead atoms. The van der Waals surface area contributed by atoms with Gasteiger partial charge < -0.3 is 24.7 Å². The quantitative estimate of drug-likeness (QED) is 0.319. The zero-order valence-corrected chi connectivity index (χ0v) is 23.4. The Balaban J connectivity index is 2.01. The predicted molar refractivity (Wildman–Crippen MR) is 149 cm³/mol. The highest BCUT2D eigenvalue weighted by Crippen LogP contribution is 2.37. The predicted octanol–water partition coefficient (Wildman–Crippen LogP) is 1.12. The molecule has 0 amide bonds. The summed E-state index contributed by atoms with van der Waals surface area (Å²) in [4.78, 5) is 63.9. The first-order chi connectivity index (χ1) is 19.7. The van der Waals surface area contributed by atoms with Crippen LogP contribution in [0, 0.1) is 0 Å². The smallest absolute Gasteiger partial charge is 0.338 e. The third kappa shape index (κ3) is 5.41. The van der Waals surface area contributed by atoms with E-state index in [9.17, 15) is 24.0 Å². The van der Waals surface area contributed by atoms with Crippen LogP contribution in [0.25, 0.3) is 17.5 Å². The van der Waals surface area contributed by atoms with E-state index in [0.717, 1.165) is 15.9 Å². The molecule has 3 aromatic rings. The van der Waals surface area contributed by atoms with Crippen LogP contribution in [0.3, 0.4) is 0 Å². The van der Waals surface area contributed by atoms with Crippen molar-refractivity contribution in [1.82, 2.24) is 4.57 Å². The Labute approximate surface area is 237 Å². The minimum Gasteiger partial charge on any atom is -0.466 e. The van der Waals surface area contributed by atoms with Crippen molar-refractivity contribution < 1.29 is 38.1 Å². The Hall–Kier alpha value is -4.97. The normalized spacial score (nSPS) is 14.8. The summed E-state index contributed by atoms with van der Waals surface area (Å²) in [6, 6.07) is 12.5. The highest BCUT2D eigenvalue weighted by molar-refractivity contribution is 7.07. The van der Waals surface area contributed by atoms with Gasteiger partial charge in [-0.15, -0.1) is 11.3 Å². The van der Waals surface area contributed by atoms with Crippen molar-refractivity contribution in [1.29, 1.82) is 0 Å². The molecule has 0 radical (unpaired) electrons. The molecule has 0 saturated heterocycles. The Bertz CT molecular complexity index is 1750. The fourth-order valence-electron chi connectivity index (χ4n) is 4.41. The minimum atomic E-state index is -1.07. The molecule has 1 atom stereocenters. The standard InChI is InChI=1S/C29H26N2O9S/c1-5-40-29(36)21-20(16-10-12-18(13-11-16)27(34)38-3)22(28(35)39-4)25-31(23(21)30)24(32)19(41-25)14-15-6-8-17(9-7-15)26(33)37-2/h6-14,20H,5,30H2,1-4H3/b19-14-/t20-/m0/s1. The highest BCUT2D eigenvalue weighted by atomic mass is 32.1. The topological polar surface area (TPSA) is 153 Å². The van der Waals surface area contributed by atoms with Crippen molar-refractivity contribution in [2.75, 3.05) is 27.9 Å². The molecule has 4 rings (SSSR count). The average molecular weight is 579 g/mol. The molecule has 212 valence electrons. The molecule has 1 aliphatic rings. The number of nitrogens with two attached hydrogens (primary N) is 1. The summed E-state index contributed by atoms with van der Waals surface area (Å²) in [7, 11) is 3.71. The number of rotatable bonds is 7. The molecule has 41 heavy (non-hydrogen) atoms. The first-order valence-corrected chi connectivity index (χ1v) is 13.1. The van der Waals surface area contributed by atoms with Gasteiger partial charge in [-0.2, -0.15) is 0 Å².